The third kappa shape index (κ3) is 17.5. The van der Waals surface area contributed by atoms with Crippen molar-refractivity contribution in [1.82, 2.24) is 0 Å². The molecule has 94 valence electrons. The van der Waals surface area contributed by atoms with Crippen molar-refractivity contribution < 1.29 is 25.8 Å². The van der Waals surface area contributed by atoms with Crippen LogP contribution in [0.1, 0.15) is 61.3 Å². The van der Waals surface area contributed by atoms with Crippen LogP contribution in [-0.2, 0) is 25.8 Å². The van der Waals surface area contributed by atoms with Gasteiger partial charge in [-0.25, -0.2) is 0 Å². The second kappa shape index (κ2) is 20.3. The van der Waals surface area contributed by atoms with Gasteiger partial charge in [0, 0.05) is 25.8 Å². The molecule has 0 aromatic heterocycles. The van der Waals surface area contributed by atoms with Crippen LogP contribution < -0.4 is 0 Å². The Bertz CT molecular complexity index is 69.4. The third-order valence-electron chi connectivity index (χ3n) is 2.02. The summed E-state index contributed by atoms with van der Waals surface area (Å²) in [6.45, 7) is 21.4. The Kier molecular flexibility index (Phi) is 33.7. The smallest absolute Gasteiger partial charge is 0 e. The second-order valence-corrected chi connectivity index (χ2v) is 3.63. The molecule has 0 heterocycles. The molecule has 0 nitrogen and oxygen atoms in total. The van der Waals surface area contributed by atoms with Gasteiger partial charge in [0.1, 0.15) is 0 Å². The Hall–Kier alpha value is 0.870. The van der Waals surface area contributed by atoms with E-state index in [-0.39, 0.29) is 25.8 Å². The van der Waals surface area contributed by atoms with E-state index in [4.69, 9.17) is 0 Å². The molecule has 0 amide bonds. The van der Waals surface area contributed by atoms with E-state index in [1.807, 2.05) is 0 Å². The SMILES string of the molecule is CCC[C-](C(C)C)C(C)C.[CH2-]C.[CH2-]C.[Hf]. The molecule has 15 heavy (non-hydrogen) atoms. The summed E-state index contributed by atoms with van der Waals surface area (Å²) >= 11 is 0. The molecule has 0 aliphatic rings. The van der Waals surface area contributed by atoms with Crippen LogP contribution in [0.3, 0.4) is 0 Å². The molecule has 0 atom stereocenters. The van der Waals surface area contributed by atoms with Crippen LogP contribution in [0.15, 0.2) is 0 Å². The molecule has 1 heteroatoms. The number of rotatable bonds is 4. The predicted octanol–water partition coefficient (Wildman–Crippen LogP) is 5.35. The first-order valence-corrected chi connectivity index (χ1v) is 5.86. The molecule has 0 radical (unpaired) electrons. The van der Waals surface area contributed by atoms with E-state index >= 15 is 0 Å². The topological polar surface area (TPSA) is 0 Å². The van der Waals surface area contributed by atoms with E-state index in [0.717, 1.165) is 11.8 Å². The molecule has 0 aliphatic heterocycles. The average Bonchev–Trinajstić information content (AvgIpc) is 2.19. The Morgan fingerprint density at radius 3 is 1.20 bits per heavy atom. The molecular formula is C14H31Hf-3. The van der Waals surface area contributed by atoms with Crippen molar-refractivity contribution in [2.75, 3.05) is 0 Å². The molecule has 0 aromatic carbocycles. The zero-order chi connectivity index (χ0) is 12.1. The fourth-order valence-corrected chi connectivity index (χ4v) is 1.53. The van der Waals surface area contributed by atoms with Gasteiger partial charge < -0.3 is 19.8 Å². The normalized spacial score (nSPS) is 8.80. The summed E-state index contributed by atoms with van der Waals surface area (Å²) in [5, 5.41) is 0. The van der Waals surface area contributed by atoms with E-state index in [2.05, 4.69) is 48.5 Å². The third-order valence-corrected chi connectivity index (χ3v) is 2.02. The summed E-state index contributed by atoms with van der Waals surface area (Å²) in [6, 6.07) is 0. The average molecular weight is 378 g/mol. The van der Waals surface area contributed by atoms with E-state index in [1.54, 1.807) is 19.8 Å². The van der Waals surface area contributed by atoms with Crippen LogP contribution in [0.4, 0.5) is 0 Å². The van der Waals surface area contributed by atoms with Gasteiger partial charge in [-0.1, -0.05) is 41.0 Å². The Labute approximate surface area is 118 Å². The predicted molar refractivity (Wildman–Crippen MR) is 69.9 cm³/mol. The van der Waals surface area contributed by atoms with Crippen LogP contribution in [-0.4, -0.2) is 0 Å². The maximum atomic E-state index is 3.25. The molecule has 0 saturated carbocycles. The van der Waals surface area contributed by atoms with Crippen LogP contribution >= 0.6 is 0 Å². The minimum absolute atomic E-state index is 0. The van der Waals surface area contributed by atoms with E-state index in [0.29, 0.717) is 0 Å². The summed E-state index contributed by atoms with van der Waals surface area (Å²) in [7, 11) is 0. The van der Waals surface area contributed by atoms with E-state index in [9.17, 15) is 0 Å². The molecule has 0 unspecified atom stereocenters. The standard InChI is InChI=1S/C10H21.2C2H5.Hf/c1-6-7-10(8(2)3)9(4)5;2*1-2;/h8-9H,6-7H2,1-5H3;2*1H2,2H3;/q3*-1;. The summed E-state index contributed by atoms with van der Waals surface area (Å²) in [4.78, 5) is 0. The van der Waals surface area contributed by atoms with Crippen LogP contribution in [0.2, 0.25) is 0 Å². The van der Waals surface area contributed by atoms with Gasteiger partial charge in [0.25, 0.3) is 0 Å². The van der Waals surface area contributed by atoms with Crippen molar-refractivity contribution in [3.8, 4) is 0 Å². The fourth-order valence-electron chi connectivity index (χ4n) is 1.53. The van der Waals surface area contributed by atoms with E-state index in [1.165, 1.54) is 12.8 Å². The maximum Gasteiger partial charge on any atom is 0 e. The summed E-state index contributed by atoms with van der Waals surface area (Å²) in [5.74, 6) is 3.28. The monoisotopic (exact) mass is 379 g/mol. The molecule has 0 aliphatic carbocycles. The zero-order valence-corrected chi connectivity index (χ0v) is 15.6. The van der Waals surface area contributed by atoms with Crippen molar-refractivity contribution in [2.45, 2.75) is 61.3 Å². The Morgan fingerprint density at radius 2 is 1.13 bits per heavy atom. The molecule has 0 aromatic rings. The molecule has 0 N–H and O–H groups in total. The second-order valence-electron chi connectivity index (χ2n) is 3.63. The zero-order valence-electron chi connectivity index (χ0n) is 12.0. The van der Waals surface area contributed by atoms with Crippen LogP contribution in [0.25, 0.3) is 0 Å². The minimum atomic E-state index is 0. The van der Waals surface area contributed by atoms with Crippen molar-refractivity contribution >= 4 is 0 Å². The van der Waals surface area contributed by atoms with Gasteiger partial charge in [-0.3, -0.25) is 0 Å². The van der Waals surface area contributed by atoms with Gasteiger partial charge in [0.2, 0.25) is 0 Å². The minimum Gasteiger partial charge on any atom is -0.346 e. The first-order chi connectivity index (χ1) is 6.59. The molecule has 0 saturated heterocycles. The molecule has 0 rings (SSSR count). The summed E-state index contributed by atoms with van der Waals surface area (Å²) in [5.41, 5.74) is 0. The van der Waals surface area contributed by atoms with Crippen LogP contribution in [0, 0.1) is 31.6 Å². The largest absolute Gasteiger partial charge is 0.346 e. The number of hydrogen-bond donors (Lipinski definition) is 0. The van der Waals surface area contributed by atoms with Gasteiger partial charge in [-0.15, -0.1) is 0 Å². The molecule has 0 bridgehead atoms. The molecule has 0 spiro atoms. The maximum absolute atomic E-state index is 3.25. The van der Waals surface area contributed by atoms with Crippen molar-refractivity contribution in [2.24, 2.45) is 11.8 Å². The van der Waals surface area contributed by atoms with Gasteiger partial charge in [-0.2, -0.15) is 32.1 Å². The van der Waals surface area contributed by atoms with Crippen LogP contribution in [0.5, 0.6) is 0 Å². The van der Waals surface area contributed by atoms with Crippen molar-refractivity contribution in [1.29, 1.82) is 0 Å². The first kappa shape index (κ1) is 24.9. The quantitative estimate of drug-likeness (QED) is 0.457. The molecule has 0 fully saturated rings. The van der Waals surface area contributed by atoms with Gasteiger partial charge in [-0.05, 0) is 0 Å². The van der Waals surface area contributed by atoms with Gasteiger partial charge in [0.15, 0.2) is 0 Å². The van der Waals surface area contributed by atoms with Crippen molar-refractivity contribution in [3.05, 3.63) is 19.8 Å². The number of hydrogen-bond acceptors (Lipinski definition) is 0. The first-order valence-electron chi connectivity index (χ1n) is 5.86. The van der Waals surface area contributed by atoms with Gasteiger partial charge >= 0.3 is 0 Å². The summed E-state index contributed by atoms with van der Waals surface area (Å²) in [6.07, 6.45) is 2.61. The molecular weight excluding hydrogens is 347 g/mol. The van der Waals surface area contributed by atoms with Crippen molar-refractivity contribution in [3.63, 3.8) is 0 Å². The fraction of sp³-hybridized carbons (Fsp3) is 0.786. The summed E-state index contributed by atoms with van der Waals surface area (Å²) < 4.78 is 0. The van der Waals surface area contributed by atoms with E-state index < -0.39 is 0 Å². The Morgan fingerprint density at radius 1 is 0.867 bits per heavy atom. The Balaban J connectivity index is -0.000000107. The van der Waals surface area contributed by atoms with Gasteiger partial charge in [0.05, 0.1) is 0 Å².